The summed E-state index contributed by atoms with van der Waals surface area (Å²) in [7, 11) is 0. The standard InChI is InChI=1S/C26H28N2O3/c1-15-8-9-16(2)20(12-15)27-24(29)21(13-17-6-4-3-5-7-17)28-25(30)22-18-10-11-19(14-18)23(22)26(28)31/h3-9,12,18-19,21-23H,10-11,13-14H2,1-2H3,(H,27,29)/t18-,19-,21+,22-,23+/m1/s1. The monoisotopic (exact) mass is 416 g/mol. The summed E-state index contributed by atoms with van der Waals surface area (Å²) in [6, 6.07) is 14.7. The molecule has 1 heterocycles. The van der Waals surface area contributed by atoms with Gasteiger partial charge in [0.25, 0.3) is 0 Å². The third-order valence-electron chi connectivity index (χ3n) is 7.50. The lowest BCUT2D eigenvalue weighted by atomic mass is 9.81. The molecule has 3 fully saturated rings. The number of nitrogens with one attached hydrogen (secondary N) is 1. The van der Waals surface area contributed by atoms with Crippen LogP contribution in [-0.4, -0.2) is 28.7 Å². The Kier molecular flexibility index (Phi) is 4.92. The van der Waals surface area contributed by atoms with Gasteiger partial charge in [-0.3, -0.25) is 19.3 Å². The predicted octanol–water partition coefficient (Wildman–Crippen LogP) is 3.88. The zero-order chi connectivity index (χ0) is 21.7. The van der Waals surface area contributed by atoms with E-state index in [9.17, 15) is 14.4 Å². The van der Waals surface area contributed by atoms with Crippen LogP contribution in [0.1, 0.15) is 36.0 Å². The van der Waals surface area contributed by atoms with Crippen molar-refractivity contribution >= 4 is 23.4 Å². The predicted molar refractivity (Wildman–Crippen MR) is 118 cm³/mol. The molecule has 0 aromatic heterocycles. The fourth-order valence-electron chi connectivity index (χ4n) is 5.96. The highest BCUT2D eigenvalue weighted by Gasteiger charge is 2.62. The lowest BCUT2D eigenvalue weighted by Crippen LogP contribution is -2.49. The molecular formula is C26H28N2O3. The Morgan fingerprint density at radius 2 is 1.65 bits per heavy atom. The second-order valence-corrected chi connectivity index (χ2v) is 9.44. The van der Waals surface area contributed by atoms with Crippen LogP contribution in [0.25, 0.3) is 0 Å². The molecule has 1 saturated heterocycles. The van der Waals surface area contributed by atoms with Crippen molar-refractivity contribution in [2.75, 3.05) is 5.32 Å². The number of hydrogen-bond acceptors (Lipinski definition) is 3. The Hall–Kier alpha value is -2.95. The van der Waals surface area contributed by atoms with Crippen LogP contribution < -0.4 is 5.32 Å². The molecule has 1 aliphatic heterocycles. The first-order chi connectivity index (χ1) is 14.9. The van der Waals surface area contributed by atoms with E-state index in [1.165, 1.54) is 4.90 Å². The number of benzene rings is 2. The number of anilines is 1. The SMILES string of the molecule is Cc1ccc(C)c(NC(=O)[C@H](Cc2ccccc2)N2C(=O)[C@@H]3[C@@H]4CC[C@H](C4)[C@@H]3C2=O)c1. The maximum absolute atomic E-state index is 13.5. The quantitative estimate of drug-likeness (QED) is 0.752. The van der Waals surface area contributed by atoms with Gasteiger partial charge in [-0.2, -0.15) is 0 Å². The number of carbonyl (C=O) groups is 3. The molecule has 3 amide bonds. The van der Waals surface area contributed by atoms with Crippen molar-refractivity contribution in [3.8, 4) is 0 Å². The van der Waals surface area contributed by atoms with Crippen molar-refractivity contribution in [1.29, 1.82) is 0 Å². The molecule has 31 heavy (non-hydrogen) atoms. The van der Waals surface area contributed by atoms with Gasteiger partial charge in [-0.05, 0) is 67.7 Å². The second kappa shape index (κ2) is 7.63. The Morgan fingerprint density at radius 1 is 1.00 bits per heavy atom. The summed E-state index contributed by atoms with van der Waals surface area (Å²) < 4.78 is 0. The molecule has 2 aromatic carbocycles. The van der Waals surface area contributed by atoms with Crippen LogP contribution in [0.4, 0.5) is 5.69 Å². The van der Waals surface area contributed by atoms with E-state index < -0.39 is 6.04 Å². The molecule has 3 aliphatic rings. The Balaban J connectivity index is 1.47. The minimum Gasteiger partial charge on any atom is -0.324 e. The average molecular weight is 417 g/mol. The van der Waals surface area contributed by atoms with E-state index in [2.05, 4.69) is 5.32 Å². The van der Waals surface area contributed by atoms with Crippen LogP contribution in [0, 0.1) is 37.5 Å². The summed E-state index contributed by atoms with van der Waals surface area (Å²) in [5.74, 6) is -0.423. The summed E-state index contributed by atoms with van der Waals surface area (Å²) >= 11 is 0. The van der Waals surface area contributed by atoms with Gasteiger partial charge in [0.1, 0.15) is 6.04 Å². The van der Waals surface area contributed by atoms with Crippen LogP contribution in [0.3, 0.4) is 0 Å². The summed E-state index contributed by atoms with van der Waals surface area (Å²) in [4.78, 5) is 41.7. The molecule has 2 saturated carbocycles. The average Bonchev–Trinajstić information content (AvgIpc) is 3.44. The number of carbonyl (C=O) groups excluding carboxylic acids is 3. The molecule has 1 N–H and O–H groups in total. The van der Waals surface area contributed by atoms with Gasteiger partial charge >= 0.3 is 0 Å². The molecule has 2 bridgehead atoms. The number of aryl methyl sites for hydroxylation is 2. The van der Waals surface area contributed by atoms with Gasteiger partial charge in [-0.15, -0.1) is 0 Å². The van der Waals surface area contributed by atoms with Crippen LogP contribution in [0.5, 0.6) is 0 Å². The van der Waals surface area contributed by atoms with E-state index in [1.54, 1.807) is 0 Å². The highest BCUT2D eigenvalue weighted by molar-refractivity contribution is 6.10. The number of hydrogen-bond donors (Lipinski definition) is 1. The van der Waals surface area contributed by atoms with Gasteiger partial charge in [0.05, 0.1) is 11.8 Å². The molecule has 0 spiro atoms. The second-order valence-electron chi connectivity index (χ2n) is 9.44. The molecule has 2 aliphatic carbocycles. The number of imide groups is 1. The minimum atomic E-state index is -0.840. The molecule has 2 aromatic rings. The third kappa shape index (κ3) is 3.36. The molecule has 0 radical (unpaired) electrons. The molecule has 5 nitrogen and oxygen atoms in total. The maximum atomic E-state index is 13.5. The van der Waals surface area contributed by atoms with Crippen LogP contribution >= 0.6 is 0 Å². The fourth-order valence-corrected chi connectivity index (χ4v) is 5.96. The van der Waals surface area contributed by atoms with E-state index in [0.29, 0.717) is 18.3 Å². The number of likely N-dealkylation sites (tertiary alicyclic amines) is 1. The summed E-state index contributed by atoms with van der Waals surface area (Å²) in [5, 5.41) is 3.01. The van der Waals surface area contributed by atoms with Crippen LogP contribution in [0.15, 0.2) is 48.5 Å². The molecule has 160 valence electrons. The zero-order valence-corrected chi connectivity index (χ0v) is 18.0. The van der Waals surface area contributed by atoms with E-state index in [4.69, 9.17) is 0 Å². The van der Waals surface area contributed by atoms with Crippen molar-refractivity contribution in [2.24, 2.45) is 23.7 Å². The summed E-state index contributed by atoms with van der Waals surface area (Å²) in [6.45, 7) is 3.91. The van der Waals surface area contributed by atoms with Gasteiger partial charge < -0.3 is 5.32 Å². The molecule has 5 heteroatoms. The minimum absolute atomic E-state index is 0.140. The van der Waals surface area contributed by atoms with Gasteiger partial charge in [0.2, 0.25) is 17.7 Å². The van der Waals surface area contributed by atoms with E-state index >= 15 is 0 Å². The molecule has 0 unspecified atom stereocenters. The fraction of sp³-hybridized carbons (Fsp3) is 0.423. The van der Waals surface area contributed by atoms with Gasteiger partial charge in [-0.1, -0.05) is 42.5 Å². The van der Waals surface area contributed by atoms with Crippen LogP contribution in [-0.2, 0) is 20.8 Å². The van der Waals surface area contributed by atoms with Crippen molar-refractivity contribution in [1.82, 2.24) is 4.90 Å². The van der Waals surface area contributed by atoms with Crippen LogP contribution in [0.2, 0.25) is 0 Å². The smallest absolute Gasteiger partial charge is 0.248 e. The normalized spacial score (nSPS) is 27.5. The van der Waals surface area contributed by atoms with Gasteiger partial charge in [0, 0.05) is 12.1 Å². The van der Waals surface area contributed by atoms with Crippen molar-refractivity contribution in [2.45, 2.75) is 45.6 Å². The highest BCUT2D eigenvalue weighted by atomic mass is 16.2. The summed E-state index contributed by atoms with van der Waals surface area (Å²) in [5.41, 5.74) is 3.65. The first-order valence-corrected chi connectivity index (χ1v) is 11.2. The first kappa shape index (κ1) is 20.0. The van der Waals surface area contributed by atoms with E-state index in [-0.39, 0.29) is 29.6 Å². The topological polar surface area (TPSA) is 66.5 Å². The number of rotatable bonds is 5. The van der Waals surface area contributed by atoms with Crippen molar-refractivity contribution < 1.29 is 14.4 Å². The highest BCUT2D eigenvalue weighted by Crippen LogP contribution is 2.56. The number of amides is 3. The lowest BCUT2D eigenvalue weighted by Gasteiger charge is -2.27. The van der Waals surface area contributed by atoms with E-state index in [0.717, 1.165) is 41.6 Å². The number of nitrogens with zero attached hydrogens (tertiary/aromatic N) is 1. The third-order valence-corrected chi connectivity index (χ3v) is 7.50. The van der Waals surface area contributed by atoms with E-state index in [1.807, 2.05) is 62.4 Å². The Bertz CT molecular complexity index is 1020. The molecule has 5 atom stereocenters. The van der Waals surface area contributed by atoms with Gasteiger partial charge in [0.15, 0.2) is 0 Å². The molecule has 5 rings (SSSR count). The first-order valence-electron chi connectivity index (χ1n) is 11.2. The van der Waals surface area contributed by atoms with Crippen molar-refractivity contribution in [3.05, 3.63) is 65.2 Å². The van der Waals surface area contributed by atoms with Gasteiger partial charge in [-0.25, -0.2) is 0 Å². The Morgan fingerprint density at radius 3 is 2.29 bits per heavy atom. The Labute approximate surface area is 182 Å². The maximum Gasteiger partial charge on any atom is 0.248 e. The largest absolute Gasteiger partial charge is 0.324 e. The number of fused-ring (bicyclic) bond motifs is 5. The summed E-state index contributed by atoms with van der Waals surface area (Å²) in [6.07, 6.45) is 3.36. The van der Waals surface area contributed by atoms with Crippen molar-refractivity contribution in [3.63, 3.8) is 0 Å². The molecular weight excluding hydrogens is 388 g/mol. The lowest BCUT2D eigenvalue weighted by molar-refractivity contribution is -0.147. The zero-order valence-electron chi connectivity index (χ0n) is 18.0.